The number of amides is 1. The second-order valence-electron chi connectivity index (χ2n) is 6.92. The fourth-order valence-corrected chi connectivity index (χ4v) is 4.02. The molecule has 1 atom stereocenters. The lowest BCUT2D eigenvalue weighted by atomic mass is 9.77. The number of methoxy groups -OCH3 is 1. The predicted molar refractivity (Wildman–Crippen MR) is 88.4 cm³/mol. The molecule has 1 saturated heterocycles. The van der Waals surface area contributed by atoms with E-state index in [2.05, 4.69) is 9.72 Å². The number of carbonyl (C=O) groups excluding carboxylic acids is 2. The Bertz CT molecular complexity index is 642. The Labute approximate surface area is 142 Å². The molecule has 2 heterocycles. The van der Waals surface area contributed by atoms with Gasteiger partial charge in [0.1, 0.15) is 5.82 Å². The van der Waals surface area contributed by atoms with Crippen LogP contribution in [0.2, 0.25) is 0 Å². The van der Waals surface area contributed by atoms with Gasteiger partial charge >= 0.3 is 5.97 Å². The van der Waals surface area contributed by atoms with E-state index in [0.717, 1.165) is 50.3 Å². The smallest absolute Gasteiger partial charge is 0.305 e. The van der Waals surface area contributed by atoms with Gasteiger partial charge in [-0.1, -0.05) is 0 Å². The summed E-state index contributed by atoms with van der Waals surface area (Å²) in [5, 5.41) is 0. The minimum absolute atomic E-state index is 0.000702. The molecule has 1 aliphatic carbocycles. The quantitative estimate of drug-likeness (QED) is 0.788. The van der Waals surface area contributed by atoms with E-state index in [-0.39, 0.29) is 17.3 Å². The molecule has 0 bridgehead atoms. The number of rotatable bonds is 4. The van der Waals surface area contributed by atoms with Crippen molar-refractivity contribution in [3.05, 3.63) is 23.3 Å². The van der Waals surface area contributed by atoms with Crippen molar-refractivity contribution in [2.24, 2.45) is 0 Å². The Morgan fingerprint density at radius 2 is 2.17 bits per heavy atom. The molecule has 3 rings (SSSR count). The van der Waals surface area contributed by atoms with Crippen molar-refractivity contribution in [3.63, 3.8) is 0 Å². The first kappa shape index (κ1) is 16.9. The molecule has 0 radical (unpaired) electrons. The largest absolute Gasteiger partial charge is 0.469 e. The zero-order valence-corrected chi connectivity index (χ0v) is 14.5. The molecule has 1 aliphatic heterocycles. The molecule has 0 saturated carbocycles. The maximum Gasteiger partial charge on any atom is 0.305 e. The van der Waals surface area contributed by atoms with E-state index in [4.69, 9.17) is 4.98 Å². The summed E-state index contributed by atoms with van der Waals surface area (Å²) in [7, 11) is 1.37. The van der Waals surface area contributed by atoms with Crippen LogP contribution < -0.4 is 0 Å². The van der Waals surface area contributed by atoms with Crippen LogP contribution >= 0.6 is 0 Å². The Balaban J connectivity index is 1.66. The summed E-state index contributed by atoms with van der Waals surface area (Å²) >= 11 is 0. The standard InChI is InChI=1S/C18H25N3O3/c1-13-19-11-14-7-9-18(17(14)20-13)8-4-10-21(12-18)15(22)5-3-6-16(23)24-2/h11H,3-10,12H2,1-2H3. The molecule has 1 fully saturated rings. The lowest BCUT2D eigenvalue weighted by Gasteiger charge is -2.40. The Morgan fingerprint density at radius 1 is 1.33 bits per heavy atom. The Hall–Kier alpha value is -1.98. The third-order valence-electron chi connectivity index (χ3n) is 5.29. The van der Waals surface area contributed by atoms with Gasteiger partial charge in [0.05, 0.1) is 12.8 Å². The van der Waals surface area contributed by atoms with Gasteiger partial charge in [-0.3, -0.25) is 9.59 Å². The van der Waals surface area contributed by atoms with Crippen LogP contribution in [-0.2, 0) is 26.2 Å². The first-order valence-corrected chi connectivity index (χ1v) is 8.72. The zero-order chi connectivity index (χ0) is 17.2. The summed E-state index contributed by atoms with van der Waals surface area (Å²) in [6.07, 6.45) is 7.34. The molecular weight excluding hydrogens is 306 g/mol. The lowest BCUT2D eigenvalue weighted by molar-refractivity contribution is -0.141. The van der Waals surface area contributed by atoms with Crippen LogP contribution in [0.5, 0.6) is 0 Å². The average Bonchev–Trinajstić information content (AvgIpc) is 2.92. The monoisotopic (exact) mass is 331 g/mol. The molecule has 1 unspecified atom stereocenters. The molecule has 0 N–H and O–H groups in total. The van der Waals surface area contributed by atoms with Crippen LogP contribution in [0.1, 0.15) is 55.6 Å². The highest BCUT2D eigenvalue weighted by molar-refractivity contribution is 5.77. The second-order valence-corrected chi connectivity index (χ2v) is 6.92. The van der Waals surface area contributed by atoms with E-state index in [1.165, 1.54) is 12.7 Å². The highest BCUT2D eigenvalue weighted by Gasteiger charge is 2.44. The van der Waals surface area contributed by atoms with Gasteiger partial charge in [0, 0.05) is 37.5 Å². The second kappa shape index (κ2) is 6.87. The fraction of sp³-hybridized carbons (Fsp3) is 0.667. The van der Waals surface area contributed by atoms with Gasteiger partial charge in [0.25, 0.3) is 0 Å². The number of aromatic nitrogens is 2. The number of aryl methyl sites for hydroxylation is 2. The van der Waals surface area contributed by atoms with E-state index < -0.39 is 0 Å². The summed E-state index contributed by atoms with van der Waals surface area (Å²) in [6.45, 7) is 3.47. The SMILES string of the molecule is COC(=O)CCCC(=O)N1CCCC2(CCc3cnc(C)nc32)C1. The van der Waals surface area contributed by atoms with Gasteiger partial charge in [-0.25, -0.2) is 9.97 Å². The topological polar surface area (TPSA) is 72.4 Å². The van der Waals surface area contributed by atoms with Crippen molar-refractivity contribution in [1.29, 1.82) is 0 Å². The highest BCUT2D eigenvalue weighted by Crippen LogP contribution is 2.43. The third-order valence-corrected chi connectivity index (χ3v) is 5.29. The number of fused-ring (bicyclic) bond motifs is 2. The number of esters is 1. The molecule has 1 aromatic rings. The summed E-state index contributed by atoms with van der Waals surface area (Å²) in [5.74, 6) is 0.684. The zero-order valence-electron chi connectivity index (χ0n) is 14.5. The maximum atomic E-state index is 12.5. The minimum atomic E-state index is -0.255. The van der Waals surface area contributed by atoms with Crippen molar-refractivity contribution in [2.75, 3.05) is 20.2 Å². The Kier molecular flexibility index (Phi) is 4.83. The fourth-order valence-electron chi connectivity index (χ4n) is 4.02. The molecule has 0 aromatic carbocycles. The third kappa shape index (κ3) is 3.28. The number of hydrogen-bond acceptors (Lipinski definition) is 5. The minimum Gasteiger partial charge on any atom is -0.469 e. The van der Waals surface area contributed by atoms with E-state index >= 15 is 0 Å². The number of ether oxygens (including phenoxy) is 1. The summed E-state index contributed by atoms with van der Waals surface area (Å²) in [4.78, 5) is 34.7. The van der Waals surface area contributed by atoms with Crippen LogP contribution in [0, 0.1) is 6.92 Å². The molecule has 6 heteroatoms. The van der Waals surface area contributed by atoms with E-state index in [9.17, 15) is 9.59 Å². The maximum absolute atomic E-state index is 12.5. The number of nitrogens with zero attached hydrogens (tertiary/aromatic N) is 3. The van der Waals surface area contributed by atoms with Crippen molar-refractivity contribution >= 4 is 11.9 Å². The lowest BCUT2D eigenvalue weighted by Crippen LogP contribution is -2.48. The van der Waals surface area contributed by atoms with Crippen molar-refractivity contribution < 1.29 is 14.3 Å². The molecule has 1 amide bonds. The van der Waals surface area contributed by atoms with Gasteiger partial charge in [0.15, 0.2) is 0 Å². The number of piperidine rings is 1. The molecule has 1 spiro atoms. The van der Waals surface area contributed by atoms with Gasteiger partial charge in [0.2, 0.25) is 5.91 Å². The van der Waals surface area contributed by atoms with Crippen molar-refractivity contribution in [3.8, 4) is 0 Å². The molecule has 1 aromatic heterocycles. The predicted octanol–water partition coefficient (Wildman–Crippen LogP) is 1.93. The molecule has 130 valence electrons. The number of likely N-dealkylation sites (tertiary alicyclic amines) is 1. The van der Waals surface area contributed by atoms with Gasteiger partial charge in [-0.15, -0.1) is 0 Å². The molecule has 6 nitrogen and oxygen atoms in total. The van der Waals surface area contributed by atoms with E-state index in [1.54, 1.807) is 0 Å². The number of carbonyl (C=O) groups is 2. The summed E-state index contributed by atoms with van der Waals surface area (Å²) < 4.78 is 4.63. The van der Waals surface area contributed by atoms with E-state index in [0.29, 0.717) is 19.3 Å². The molecule has 2 aliphatic rings. The van der Waals surface area contributed by atoms with Crippen LogP contribution in [0.3, 0.4) is 0 Å². The highest BCUT2D eigenvalue weighted by atomic mass is 16.5. The Morgan fingerprint density at radius 3 is 2.96 bits per heavy atom. The molecular formula is C18H25N3O3. The van der Waals surface area contributed by atoms with Gasteiger partial charge in [-0.2, -0.15) is 0 Å². The van der Waals surface area contributed by atoms with Crippen LogP contribution in [0.25, 0.3) is 0 Å². The van der Waals surface area contributed by atoms with Gasteiger partial charge < -0.3 is 9.64 Å². The molecule has 24 heavy (non-hydrogen) atoms. The van der Waals surface area contributed by atoms with Crippen LogP contribution in [0.4, 0.5) is 0 Å². The van der Waals surface area contributed by atoms with Crippen molar-refractivity contribution in [2.45, 2.75) is 57.3 Å². The van der Waals surface area contributed by atoms with Crippen LogP contribution in [0.15, 0.2) is 6.20 Å². The van der Waals surface area contributed by atoms with Crippen LogP contribution in [-0.4, -0.2) is 46.9 Å². The van der Waals surface area contributed by atoms with Crippen molar-refractivity contribution in [1.82, 2.24) is 14.9 Å². The summed E-state index contributed by atoms with van der Waals surface area (Å²) in [6, 6.07) is 0. The normalized spacial score (nSPS) is 22.5. The first-order chi connectivity index (χ1) is 11.5. The first-order valence-electron chi connectivity index (χ1n) is 8.72. The summed E-state index contributed by atoms with van der Waals surface area (Å²) in [5.41, 5.74) is 2.39. The van der Waals surface area contributed by atoms with Gasteiger partial charge in [-0.05, 0) is 44.6 Å². The average molecular weight is 331 g/mol. The number of hydrogen-bond donors (Lipinski definition) is 0. The van der Waals surface area contributed by atoms with E-state index in [1.807, 2.05) is 18.0 Å².